The van der Waals surface area contributed by atoms with Gasteiger partial charge in [-0.25, -0.2) is 0 Å². The van der Waals surface area contributed by atoms with Crippen LogP contribution in [0, 0.1) is 0 Å². The number of anilines is 1. The molecule has 0 aliphatic carbocycles. The molecule has 2 bridgehead atoms. The number of hydrogen-bond donors (Lipinski definition) is 0. The van der Waals surface area contributed by atoms with Gasteiger partial charge in [-0.3, -0.25) is 14.7 Å². The van der Waals surface area contributed by atoms with Crippen molar-refractivity contribution in [3.8, 4) is 11.5 Å². The number of para-hydroxylation sites is 2. The van der Waals surface area contributed by atoms with Crippen LogP contribution < -0.4 is 14.4 Å². The Bertz CT molecular complexity index is 1060. The number of hydrogen-bond acceptors (Lipinski definition) is 5. The summed E-state index contributed by atoms with van der Waals surface area (Å²) in [7, 11) is 1.65. The molecule has 0 saturated carbocycles. The molecule has 0 N–H and O–H groups in total. The third-order valence-corrected chi connectivity index (χ3v) is 5.97. The summed E-state index contributed by atoms with van der Waals surface area (Å²) in [5.74, 6) is 1.67. The van der Waals surface area contributed by atoms with Crippen molar-refractivity contribution in [2.24, 2.45) is 0 Å². The predicted molar refractivity (Wildman–Crippen MR) is 118 cm³/mol. The molecule has 1 amide bonds. The number of benzene rings is 2. The van der Waals surface area contributed by atoms with E-state index in [1.807, 2.05) is 71.8 Å². The van der Waals surface area contributed by atoms with Gasteiger partial charge in [0.2, 0.25) is 5.91 Å². The second-order valence-corrected chi connectivity index (χ2v) is 8.02. The lowest BCUT2D eigenvalue weighted by Gasteiger charge is -2.32. The van der Waals surface area contributed by atoms with E-state index in [1.165, 1.54) is 0 Å². The number of ether oxygens (including phenoxy) is 2. The molecule has 31 heavy (non-hydrogen) atoms. The Hall–Kier alpha value is -3.38. The van der Waals surface area contributed by atoms with E-state index in [0.29, 0.717) is 19.5 Å². The first kappa shape index (κ1) is 19.6. The lowest BCUT2D eigenvalue weighted by atomic mass is 10.1. The largest absolute Gasteiger partial charge is 0.497 e. The molecule has 2 atom stereocenters. The Kier molecular flexibility index (Phi) is 5.30. The summed E-state index contributed by atoms with van der Waals surface area (Å²) in [6, 6.07) is 19.4. The van der Waals surface area contributed by atoms with Gasteiger partial charge in [0.1, 0.15) is 17.6 Å². The number of carbonyl (C=O) groups is 1. The van der Waals surface area contributed by atoms with Gasteiger partial charge in [-0.2, -0.15) is 0 Å². The SMILES string of the molecule is COc1ccc(CN2C(=O)C3CC(CN3Cc3cccnc3)Oc3ccccc32)cc1. The Balaban J connectivity index is 1.47. The van der Waals surface area contributed by atoms with E-state index < -0.39 is 0 Å². The van der Waals surface area contributed by atoms with E-state index >= 15 is 0 Å². The van der Waals surface area contributed by atoms with Gasteiger partial charge in [0.05, 0.1) is 25.4 Å². The molecule has 2 aliphatic heterocycles. The normalized spacial score (nSPS) is 20.5. The Morgan fingerprint density at radius 3 is 2.65 bits per heavy atom. The van der Waals surface area contributed by atoms with Gasteiger partial charge in [0, 0.05) is 31.9 Å². The molecular formula is C25H25N3O3. The summed E-state index contributed by atoms with van der Waals surface area (Å²) in [4.78, 5) is 22.1. The minimum absolute atomic E-state index is 0.00471. The zero-order chi connectivity index (χ0) is 21.2. The van der Waals surface area contributed by atoms with Crippen LogP contribution in [-0.4, -0.2) is 41.6 Å². The number of likely N-dealkylation sites (tertiary alicyclic amines) is 1. The van der Waals surface area contributed by atoms with Crippen LogP contribution in [0.25, 0.3) is 0 Å². The summed E-state index contributed by atoms with van der Waals surface area (Å²) < 4.78 is 11.6. The van der Waals surface area contributed by atoms with Gasteiger partial charge in [0.15, 0.2) is 0 Å². The van der Waals surface area contributed by atoms with E-state index in [2.05, 4.69) is 9.88 Å². The third kappa shape index (κ3) is 3.99. The molecule has 0 radical (unpaired) electrons. The van der Waals surface area contributed by atoms with Gasteiger partial charge in [0.25, 0.3) is 0 Å². The fraction of sp³-hybridized carbons (Fsp3) is 0.280. The number of pyridine rings is 1. The molecule has 6 heteroatoms. The summed E-state index contributed by atoms with van der Waals surface area (Å²) in [6.07, 6.45) is 4.31. The van der Waals surface area contributed by atoms with Crippen LogP contribution in [0.5, 0.6) is 11.5 Å². The molecule has 2 unspecified atom stereocenters. The third-order valence-electron chi connectivity index (χ3n) is 5.97. The van der Waals surface area contributed by atoms with Crippen molar-refractivity contribution < 1.29 is 14.3 Å². The van der Waals surface area contributed by atoms with E-state index in [9.17, 15) is 4.79 Å². The molecule has 0 spiro atoms. The Labute approximate surface area is 182 Å². The van der Waals surface area contributed by atoms with Gasteiger partial charge >= 0.3 is 0 Å². The number of rotatable bonds is 5. The van der Waals surface area contributed by atoms with E-state index in [1.54, 1.807) is 13.3 Å². The number of amides is 1. The van der Waals surface area contributed by atoms with E-state index in [4.69, 9.17) is 9.47 Å². The van der Waals surface area contributed by atoms with Crippen LogP contribution in [-0.2, 0) is 17.9 Å². The molecule has 2 aliphatic rings. The zero-order valence-electron chi connectivity index (χ0n) is 17.5. The molecule has 6 nitrogen and oxygen atoms in total. The van der Waals surface area contributed by atoms with Gasteiger partial charge in [-0.1, -0.05) is 30.3 Å². The fourth-order valence-electron chi connectivity index (χ4n) is 4.44. The highest BCUT2D eigenvalue weighted by Crippen LogP contribution is 2.37. The first-order chi connectivity index (χ1) is 15.2. The number of fused-ring (bicyclic) bond motifs is 3. The average Bonchev–Trinajstić information content (AvgIpc) is 3.21. The average molecular weight is 415 g/mol. The zero-order valence-corrected chi connectivity index (χ0v) is 17.5. The molecule has 1 aromatic heterocycles. The van der Waals surface area contributed by atoms with Crippen molar-refractivity contribution >= 4 is 11.6 Å². The molecule has 2 aromatic carbocycles. The molecule has 3 heterocycles. The first-order valence-electron chi connectivity index (χ1n) is 10.5. The highest BCUT2D eigenvalue weighted by atomic mass is 16.5. The molecule has 1 fully saturated rings. The minimum atomic E-state index is -0.225. The Morgan fingerprint density at radius 1 is 1.03 bits per heavy atom. The summed E-state index contributed by atoms with van der Waals surface area (Å²) in [6.45, 7) is 1.87. The van der Waals surface area contributed by atoms with E-state index in [0.717, 1.165) is 34.9 Å². The summed E-state index contributed by atoms with van der Waals surface area (Å²) in [5.41, 5.74) is 2.96. The minimum Gasteiger partial charge on any atom is -0.497 e. The van der Waals surface area contributed by atoms with Crippen LogP contribution in [0.15, 0.2) is 73.1 Å². The van der Waals surface area contributed by atoms with Crippen LogP contribution in [0.2, 0.25) is 0 Å². The number of methoxy groups -OCH3 is 1. The monoisotopic (exact) mass is 415 g/mol. The quantitative estimate of drug-likeness (QED) is 0.637. The number of nitrogens with zero attached hydrogens (tertiary/aromatic N) is 3. The molecule has 158 valence electrons. The van der Waals surface area contributed by atoms with E-state index in [-0.39, 0.29) is 18.1 Å². The predicted octanol–water partition coefficient (Wildman–Crippen LogP) is 3.66. The van der Waals surface area contributed by atoms with Gasteiger partial charge < -0.3 is 14.4 Å². The second-order valence-electron chi connectivity index (χ2n) is 8.02. The highest BCUT2D eigenvalue weighted by Gasteiger charge is 2.42. The maximum Gasteiger partial charge on any atom is 0.244 e. The van der Waals surface area contributed by atoms with Gasteiger partial charge in [-0.15, -0.1) is 0 Å². The summed E-state index contributed by atoms with van der Waals surface area (Å²) in [5, 5.41) is 0. The van der Waals surface area contributed by atoms with Crippen molar-refractivity contribution in [3.05, 3.63) is 84.2 Å². The van der Waals surface area contributed by atoms with Crippen molar-refractivity contribution in [2.45, 2.75) is 31.7 Å². The van der Waals surface area contributed by atoms with Crippen molar-refractivity contribution in [2.75, 3.05) is 18.6 Å². The molecule has 5 rings (SSSR count). The van der Waals surface area contributed by atoms with Crippen LogP contribution >= 0.6 is 0 Å². The second kappa shape index (κ2) is 8.40. The number of carbonyl (C=O) groups excluding carboxylic acids is 1. The molecule has 3 aromatic rings. The lowest BCUT2D eigenvalue weighted by Crippen LogP contribution is -2.45. The topological polar surface area (TPSA) is 54.9 Å². The van der Waals surface area contributed by atoms with Crippen LogP contribution in [0.1, 0.15) is 17.5 Å². The summed E-state index contributed by atoms with van der Waals surface area (Å²) >= 11 is 0. The standard InChI is InChI=1S/C25H25N3O3/c1-30-20-10-8-18(9-11-20)16-28-22-6-2-3-7-24(22)31-21-13-23(25(28)29)27(17-21)15-19-5-4-12-26-14-19/h2-12,14,21,23H,13,15-17H2,1H3. The maximum absolute atomic E-state index is 13.8. The van der Waals surface area contributed by atoms with Crippen molar-refractivity contribution in [1.82, 2.24) is 9.88 Å². The van der Waals surface area contributed by atoms with Gasteiger partial charge in [-0.05, 0) is 41.5 Å². The highest BCUT2D eigenvalue weighted by molar-refractivity contribution is 5.99. The van der Waals surface area contributed by atoms with Crippen LogP contribution in [0.4, 0.5) is 5.69 Å². The fourth-order valence-corrected chi connectivity index (χ4v) is 4.44. The molecular weight excluding hydrogens is 390 g/mol. The first-order valence-corrected chi connectivity index (χ1v) is 10.5. The van der Waals surface area contributed by atoms with Crippen molar-refractivity contribution in [3.63, 3.8) is 0 Å². The smallest absolute Gasteiger partial charge is 0.244 e. The Morgan fingerprint density at radius 2 is 1.87 bits per heavy atom. The van der Waals surface area contributed by atoms with Crippen LogP contribution in [0.3, 0.4) is 0 Å². The number of aromatic nitrogens is 1. The molecule has 1 saturated heterocycles. The van der Waals surface area contributed by atoms with Crippen molar-refractivity contribution in [1.29, 1.82) is 0 Å². The maximum atomic E-state index is 13.8. The lowest BCUT2D eigenvalue weighted by molar-refractivity contribution is -0.123.